The van der Waals surface area contributed by atoms with Crippen LogP contribution in [0.5, 0.6) is 0 Å². The molecule has 0 amide bonds. The molecule has 0 radical (unpaired) electrons. The van der Waals surface area contributed by atoms with Gasteiger partial charge in [0.25, 0.3) is 0 Å². The Morgan fingerprint density at radius 2 is 1.71 bits per heavy atom. The average Bonchev–Trinajstić information content (AvgIpc) is 2.29. The van der Waals surface area contributed by atoms with E-state index in [-0.39, 0.29) is 0 Å². The second-order valence-corrected chi connectivity index (χ2v) is 4.88. The van der Waals surface area contributed by atoms with Crippen LogP contribution >= 0.6 is 35.7 Å². The van der Waals surface area contributed by atoms with Crippen LogP contribution in [-0.2, 0) is 0 Å². The summed E-state index contributed by atoms with van der Waals surface area (Å²) in [4.78, 5) is 5.41. The Morgan fingerprint density at radius 1 is 1.12 bits per heavy atom. The van der Waals surface area contributed by atoms with Gasteiger partial charge in [0, 0.05) is 4.90 Å². The molecule has 0 N–H and O–H groups in total. The van der Waals surface area contributed by atoms with Crippen molar-refractivity contribution in [3.63, 3.8) is 0 Å². The maximum Gasteiger partial charge on any atom is 0.138 e. The SMILES string of the molecule is Cc1cc(C)c(SC#N)c(SC#N)c1N=C=S. The van der Waals surface area contributed by atoms with Crippen molar-refractivity contribution in [1.82, 2.24) is 0 Å². The van der Waals surface area contributed by atoms with Crippen LogP contribution in [-0.4, -0.2) is 5.16 Å². The molecule has 84 valence electrons. The summed E-state index contributed by atoms with van der Waals surface area (Å²) < 4.78 is 0. The standard InChI is InChI=1S/C11H7N3S3/c1-7-3-8(2)10(16-4-12)11(17-5-13)9(7)14-6-15/h3H,1-2H3. The Bertz CT molecular complexity index is 575. The van der Waals surface area contributed by atoms with Gasteiger partial charge in [-0.25, -0.2) is 0 Å². The highest BCUT2D eigenvalue weighted by Crippen LogP contribution is 2.41. The molecule has 0 aliphatic carbocycles. The topological polar surface area (TPSA) is 59.9 Å². The van der Waals surface area contributed by atoms with Crippen molar-refractivity contribution in [2.45, 2.75) is 23.6 Å². The first-order valence-electron chi connectivity index (χ1n) is 4.49. The Hall–Kier alpha value is -1.30. The number of thiocarbonyl (C=S) groups is 1. The molecular formula is C11H7N3S3. The number of thiocyanates is 2. The maximum atomic E-state index is 8.82. The molecule has 0 aromatic heterocycles. The second-order valence-electron chi connectivity index (χ2n) is 3.11. The number of isothiocyanates is 1. The summed E-state index contributed by atoms with van der Waals surface area (Å²) in [5, 5.41) is 23.9. The third kappa shape index (κ3) is 3.09. The first-order valence-corrected chi connectivity index (χ1v) is 6.53. The molecule has 0 atom stereocenters. The minimum atomic E-state index is 0.620. The lowest BCUT2D eigenvalue weighted by atomic mass is 10.1. The molecule has 0 aliphatic heterocycles. The zero-order valence-electron chi connectivity index (χ0n) is 9.14. The summed E-state index contributed by atoms with van der Waals surface area (Å²) >= 11 is 6.62. The summed E-state index contributed by atoms with van der Waals surface area (Å²) in [5.74, 6) is 0. The van der Waals surface area contributed by atoms with E-state index in [1.165, 1.54) is 0 Å². The van der Waals surface area contributed by atoms with E-state index in [1.54, 1.807) is 0 Å². The fourth-order valence-corrected chi connectivity index (χ4v) is 2.91. The van der Waals surface area contributed by atoms with Crippen LogP contribution in [0.4, 0.5) is 5.69 Å². The molecule has 1 rings (SSSR count). The molecule has 0 heterocycles. The van der Waals surface area contributed by atoms with Gasteiger partial charge in [-0.1, -0.05) is 6.07 Å². The Labute approximate surface area is 114 Å². The van der Waals surface area contributed by atoms with Gasteiger partial charge < -0.3 is 0 Å². The Morgan fingerprint density at radius 3 is 2.24 bits per heavy atom. The smallest absolute Gasteiger partial charge is 0.138 e. The third-order valence-corrected chi connectivity index (χ3v) is 3.77. The third-order valence-electron chi connectivity index (χ3n) is 2.04. The van der Waals surface area contributed by atoms with Gasteiger partial charge in [0.2, 0.25) is 0 Å². The largest absolute Gasteiger partial charge is 0.193 e. The lowest BCUT2D eigenvalue weighted by Gasteiger charge is -2.11. The molecule has 6 heteroatoms. The van der Waals surface area contributed by atoms with Gasteiger partial charge in [0.1, 0.15) is 10.8 Å². The van der Waals surface area contributed by atoms with Crippen LogP contribution in [0.2, 0.25) is 0 Å². The van der Waals surface area contributed by atoms with E-state index in [4.69, 9.17) is 10.5 Å². The minimum absolute atomic E-state index is 0.620. The number of rotatable bonds is 3. The van der Waals surface area contributed by atoms with Crippen LogP contribution in [0.1, 0.15) is 11.1 Å². The predicted molar refractivity (Wildman–Crippen MR) is 73.5 cm³/mol. The van der Waals surface area contributed by atoms with Gasteiger partial charge in [0.15, 0.2) is 0 Å². The highest BCUT2D eigenvalue weighted by atomic mass is 32.2. The quantitative estimate of drug-likeness (QED) is 0.359. The number of thioether (sulfide) groups is 2. The van der Waals surface area contributed by atoms with Gasteiger partial charge in [-0.05, 0) is 60.7 Å². The zero-order valence-corrected chi connectivity index (χ0v) is 11.6. The summed E-state index contributed by atoms with van der Waals surface area (Å²) in [6, 6.07) is 1.92. The van der Waals surface area contributed by atoms with Gasteiger partial charge in [-0.15, -0.1) is 0 Å². The van der Waals surface area contributed by atoms with E-state index in [1.807, 2.05) is 30.7 Å². The Kier molecular flexibility index (Phi) is 5.21. The first kappa shape index (κ1) is 13.8. The number of nitrogens with zero attached hydrogens (tertiary/aromatic N) is 3. The lowest BCUT2D eigenvalue weighted by Crippen LogP contribution is -1.88. The van der Waals surface area contributed by atoms with Crippen molar-refractivity contribution >= 4 is 46.6 Å². The van der Waals surface area contributed by atoms with Gasteiger partial charge in [0.05, 0.1) is 15.7 Å². The summed E-state index contributed by atoms with van der Waals surface area (Å²) in [6.07, 6.45) is 0. The fourth-order valence-electron chi connectivity index (χ4n) is 1.42. The van der Waals surface area contributed by atoms with Gasteiger partial charge in [-0.2, -0.15) is 15.5 Å². The van der Waals surface area contributed by atoms with Crippen molar-refractivity contribution in [2.24, 2.45) is 4.99 Å². The summed E-state index contributed by atoms with van der Waals surface area (Å²) in [7, 11) is 0. The van der Waals surface area contributed by atoms with E-state index in [0.717, 1.165) is 39.5 Å². The molecule has 0 aliphatic rings. The number of hydrogen-bond donors (Lipinski definition) is 0. The fraction of sp³-hybridized carbons (Fsp3) is 0.182. The van der Waals surface area contributed by atoms with Crippen molar-refractivity contribution in [3.8, 4) is 10.8 Å². The molecule has 0 unspecified atom stereocenters. The van der Waals surface area contributed by atoms with Crippen molar-refractivity contribution < 1.29 is 0 Å². The number of hydrogen-bond acceptors (Lipinski definition) is 6. The molecular weight excluding hydrogens is 270 g/mol. The van der Waals surface area contributed by atoms with Crippen molar-refractivity contribution in [3.05, 3.63) is 17.2 Å². The zero-order chi connectivity index (χ0) is 12.8. The highest BCUT2D eigenvalue weighted by molar-refractivity contribution is 8.06. The van der Waals surface area contributed by atoms with Gasteiger partial charge >= 0.3 is 0 Å². The van der Waals surface area contributed by atoms with E-state index >= 15 is 0 Å². The lowest BCUT2D eigenvalue weighted by molar-refractivity contribution is 1.14. The second kappa shape index (κ2) is 6.44. The van der Waals surface area contributed by atoms with Crippen LogP contribution in [0.3, 0.4) is 0 Å². The number of aryl methyl sites for hydroxylation is 2. The monoisotopic (exact) mass is 277 g/mol. The van der Waals surface area contributed by atoms with Crippen LogP contribution < -0.4 is 0 Å². The minimum Gasteiger partial charge on any atom is -0.193 e. The van der Waals surface area contributed by atoms with Crippen LogP contribution in [0.25, 0.3) is 0 Å². The maximum absolute atomic E-state index is 8.82. The molecule has 0 spiro atoms. The van der Waals surface area contributed by atoms with Gasteiger partial charge in [-0.3, -0.25) is 0 Å². The molecule has 0 bridgehead atoms. The van der Waals surface area contributed by atoms with E-state index in [9.17, 15) is 0 Å². The van der Waals surface area contributed by atoms with Crippen LogP contribution in [0, 0.1) is 35.2 Å². The number of aliphatic imine (C=N–C) groups is 1. The Balaban J connectivity index is 3.60. The molecule has 0 saturated heterocycles. The van der Waals surface area contributed by atoms with Crippen molar-refractivity contribution in [1.29, 1.82) is 10.5 Å². The highest BCUT2D eigenvalue weighted by Gasteiger charge is 2.15. The van der Waals surface area contributed by atoms with Crippen molar-refractivity contribution in [2.75, 3.05) is 0 Å². The molecule has 0 fully saturated rings. The number of nitriles is 2. The summed E-state index contributed by atoms with van der Waals surface area (Å²) in [6.45, 7) is 3.79. The van der Waals surface area contributed by atoms with E-state index < -0.39 is 0 Å². The molecule has 17 heavy (non-hydrogen) atoms. The molecule has 3 nitrogen and oxygen atoms in total. The summed E-state index contributed by atoms with van der Waals surface area (Å²) in [5.41, 5.74) is 2.49. The predicted octanol–water partition coefficient (Wildman–Crippen LogP) is 4.18. The first-order chi connectivity index (χ1) is 8.15. The van der Waals surface area contributed by atoms with E-state index in [2.05, 4.69) is 22.4 Å². The average molecular weight is 277 g/mol. The molecule has 0 saturated carbocycles. The van der Waals surface area contributed by atoms with E-state index in [0.29, 0.717) is 10.6 Å². The van der Waals surface area contributed by atoms with Crippen LogP contribution in [0.15, 0.2) is 20.8 Å². The molecule has 1 aromatic carbocycles. The normalized spacial score (nSPS) is 8.94. The number of benzene rings is 1. The molecule has 1 aromatic rings.